The van der Waals surface area contributed by atoms with Crippen LogP contribution >= 0.6 is 12.2 Å². The molecular formula is C8H10N2OS. The molecule has 1 saturated heterocycles. The molecule has 2 rings (SSSR count). The highest BCUT2D eigenvalue weighted by Crippen LogP contribution is 2.17. The molecule has 0 spiro atoms. The number of aryl methyl sites for hydroxylation is 1. The van der Waals surface area contributed by atoms with Gasteiger partial charge in [-0.2, -0.15) is 0 Å². The summed E-state index contributed by atoms with van der Waals surface area (Å²) in [6.07, 6.45) is 0. The fourth-order valence-electron chi connectivity index (χ4n) is 1.27. The summed E-state index contributed by atoms with van der Waals surface area (Å²) in [5.41, 5.74) is 0. The number of rotatable bonds is 1. The Morgan fingerprint density at radius 3 is 2.92 bits per heavy atom. The molecule has 1 aliphatic rings. The molecule has 1 atom stereocenters. The number of nitrogens with one attached hydrogen (secondary N) is 2. The molecule has 3 nitrogen and oxygen atoms in total. The summed E-state index contributed by atoms with van der Waals surface area (Å²) in [6, 6.07) is 4.13. The van der Waals surface area contributed by atoms with Gasteiger partial charge < -0.3 is 15.1 Å². The third-order valence-electron chi connectivity index (χ3n) is 1.88. The van der Waals surface area contributed by atoms with Gasteiger partial charge in [-0.05, 0) is 31.3 Å². The van der Waals surface area contributed by atoms with Crippen molar-refractivity contribution in [1.29, 1.82) is 0 Å². The van der Waals surface area contributed by atoms with Crippen molar-refractivity contribution in [2.75, 3.05) is 6.54 Å². The fourth-order valence-corrected chi connectivity index (χ4v) is 1.49. The van der Waals surface area contributed by atoms with Gasteiger partial charge in [0.2, 0.25) is 0 Å². The first-order valence-corrected chi connectivity index (χ1v) is 4.27. The molecule has 0 aliphatic carbocycles. The summed E-state index contributed by atoms with van der Waals surface area (Å²) in [4.78, 5) is 0. The van der Waals surface area contributed by atoms with Crippen LogP contribution in [0.25, 0.3) is 0 Å². The highest BCUT2D eigenvalue weighted by Gasteiger charge is 2.21. The van der Waals surface area contributed by atoms with E-state index in [-0.39, 0.29) is 6.04 Å². The minimum Gasteiger partial charge on any atom is -0.464 e. The van der Waals surface area contributed by atoms with Gasteiger partial charge in [-0.1, -0.05) is 0 Å². The average molecular weight is 182 g/mol. The first-order chi connectivity index (χ1) is 5.75. The Labute approximate surface area is 76.1 Å². The maximum atomic E-state index is 5.45. The SMILES string of the molecule is Cc1ccc(C2CNC(=S)N2)o1. The van der Waals surface area contributed by atoms with Gasteiger partial charge in [-0.25, -0.2) is 0 Å². The van der Waals surface area contributed by atoms with E-state index in [0.717, 1.165) is 18.1 Å². The summed E-state index contributed by atoms with van der Waals surface area (Å²) >= 11 is 4.94. The Morgan fingerprint density at radius 2 is 2.42 bits per heavy atom. The van der Waals surface area contributed by atoms with Crippen molar-refractivity contribution >= 4 is 17.3 Å². The second kappa shape index (κ2) is 2.79. The normalized spacial score (nSPS) is 22.1. The van der Waals surface area contributed by atoms with E-state index in [1.54, 1.807) is 0 Å². The average Bonchev–Trinajstić information content (AvgIpc) is 2.58. The molecule has 4 heteroatoms. The van der Waals surface area contributed by atoms with E-state index >= 15 is 0 Å². The van der Waals surface area contributed by atoms with E-state index in [1.165, 1.54) is 0 Å². The van der Waals surface area contributed by atoms with Crippen molar-refractivity contribution < 1.29 is 4.42 Å². The van der Waals surface area contributed by atoms with Gasteiger partial charge in [-0.15, -0.1) is 0 Å². The zero-order chi connectivity index (χ0) is 8.55. The smallest absolute Gasteiger partial charge is 0.167 e. The third kappa shape index (κ3) is 1.30. The Morgan fingerprint density at radius 1 is 1.58 bits per heavy atom. The van der Waals surface area contributed by atoms with E-state index in [2.05, 4.69) is 10.6 Å². The third-order valence-corrected chi connectivity index (χ3v) is 2.14. The van der Waals surface area contributed by atoms with Gasteiger partial charge in [0.25, 0.3) is 0 Å². The molecular weight excluding hydrogens is 172 g/mol. The Bertz CT molecular complexity index is 308. The molecule has 2 heterocycles. The van der Waals surface area contributed by atoms with Gasteiger partial charge in [-0.3, -0.25) is 0 Å². The van der Waals surface area contributed by atoms with E-state index in [1.807, 2.05) is 19.1 Å². The number of hydrogen-bond acceptors (Lipinski definition) is 2. The molecule has 1 aromatic rings. The maximum absolute atomic E-state index is 5.45. The van der Waals surface area contributed by atoms with E-state index in [4.69, 9.17) is 16.6 Å². The van der Waals surface area contributed by atoms with Crippen LogP contribution in [-0.2, 0) is 0 Å². The lowest BCUT2D eigenvalue weighted by molar-refractivity contribution is 0.442. The molecule has 0 amide bonds. The van der Waals surface area contributed by atoms with Gasteiger partial charge in [0.1, 0.15) is 17.6 Å². The van der Waals surface area contributed by atoms with Crippen LogP contribution in [0.4, 0.5) is 0 Å². The van der Waals surface area contributed by atoms with Crippen molar-refractivity contribution in [3.63, 3.8) is 0 Å². The van der Waals surface area contributed by atoms with Crippen LogP contribution in [0.15, 0.2) is 16.5 Å². The van der Waals surface area contributed by atoms with Crippen LogP contribution in [0.3, 0.4) is 0 Å². The molecule has 0 bridgehead atoms. The van der Waals surface area contributed by atoms with E-state index in [9.17, 15) is 0 Å². The van der Waals surface area contributed by atoms with E-state index < -0.39 is 0 Å². The maximum Gasteiger partial charge on any atom is 0.167 e. The van der Waals surface area contributed by atoms with E-state index in [0.29, 0.717) is 5.11 Å². The minimum absolute atomic E-state index is 0.200. The van der Waals surface area contributed by atoms with Crippen LogP contribution in [0.1, 0.15) is 17.6 Å². The molecule has 0 radical (unpaired) electrons. The molecule has 1 aromatic heterocycles. The van der Waals surface area contributed by atoms with Crippen LogP contribution in [0.5, 0.6) is 0 Å². The topological polar surface area (TPSA) is 37.2 Å². The Kier molecular flexibility index (Phi) is 1.77. The van der Waals surface area contributed by atoms with Gasteiger partial charge >= 0.3 is 0 Å². The van der Waals surface area contributed by atoms with Gasteiger partial charge in [0.15, 0.2) is 5.11 Å². The quantitative estimate of drug-likeness (QED) is 0.638. The Balaban J connectivity index is 2.15. The standard InChI is InChI=1S/C8H10N2OS/c1-5-2-3-7(11-5)6-4-9-8(12)10-6/h2-3,6H,4H2,1H3,(H2,9,10,12). The lowest BCUT2D eigenvalue weighted by Gasteiger charge is -2.03. The molecule has 1 aliphatic heterocycles. The van der Waals surface area contributed by atoms with Crippen molar-refractivity contribution in [3.05, 3.63) is 23.7 Å². The Hall–Kier alpha value is -1.03. The lowest BCUT2D eigenvalue weighted by Crippen LogP contribution is -2.21. The predicted octanol–water partition coefficient (Wildman–Crippen LogP) is 1.11. The minimum atomic E-state index is 0.200. The predicted molar refractivity (Wildman–Crippen MR) is 49.9 cm³/mol. The summed E-state index contributed by atoms with van der Waals surface area (Å²) in [6.45, 7) is 2.75. The monoisotopic (exact) mass is 182 g/mol. The largest absolute Gasteiger partial charge is 0.464 e. The van der Waals surface area contributed by atoms with Crippen molar-refractivity contribution in [2.45, 2.75) is 13.0 Å². The van der Waals surface area contributed by atoms with Crippen LogP contribution < -0.4 is 10.6 Å². The molecule has 64 valence electrons. The molecule has 2 N–H and O–H groups in total. The fraction of sp³-hybridized carbons (Fsp3) is 0.375. The highest BCUT2D eigenvalue weighted by molar-refractivity contribution is 7.80. The van der Waals surface area contributed by atoms with Crippen molar-refractivity contribution in [2.24, 2.45) is 0 Å². The molecule has 12 heavy (non-hydrogen) atoms. The molecule has 1 fully saturated rings. The lowest BCUT2D eigenvalue weighted by atomic mass is 10.2. The van der Waals surface area contributed by atoms with Crippen LogP contribution in [0.2, 0.25) is 0 Å². The van der Waals surface area contributed by atoms with Crippen LogP contribution in [0, 0.1) is 6.92 Å². The number of hydrogen-bond donors (Lipinski definition) is 2. The first-order valence-electron chi connectivity index (χ1n) is 3.86. The number of furan rings is 1. The van der Waals surface area contributed by atoms with Gasteiger partial charge in [0, 0.05) is 6.54 Å². The summed E-state index contributed by atoms with van der Waals surface area (Å²) in [5, 5.41) is 6.85. The number of thiocarbonyl (C=S) groups is 1. The summed E-state index contributed by atoms with van der Waals surface area (Å²) in [5.74, 6) is 1.88. The van der Waals surface area contributed by atoms with Crippen molar-refractivity contribution in [1.82, 2.24) is 10.6 Å². The first kappa shape index (κ1) is 7.61. The highest BCUT2D eigenvalue weighted by atomic mass is 32.1. The molecule has 0 aromatic carbocycles. The molecule has 1 unspecified atom stereocenters. The van der Waals surface area contributed by atoms with Crippen molar-refractivity contribution in [3.8, 4) is 0 Å². The van der Waals surface area contributed by atoms with Crippen LogP contribution in [-0.4, -0.2) is 11.7 Å². The molecule has 0 saturated carbocycles. The summed E-state index contributed by atoms with van der Waals surface area (Å²) < 4.78 is 5.45. The second-order valence-corrected chi connectivity index (χ2v) is 3.26. The van der Waals surface area contributed by atoms with Gasteiger partial charge in [0.05, 0.1) is 0 Å². The zero-order valence-electron chi connectivity index (χ0n) is 6.76. The zero-order valence-corrected chi connectivity index (χ0v) is 7.57. The second-order valence-electron chi connectivity index (χ2n) is 2.86. The summed E-state index contributed by atoms with van der Waals surface area (Å²) in [7, 11) is 0.